The Hall–Kier alpha value is -1.20. The second-order valence-corrected chi connectivity index (χ2v) is 6.41. The highest BCUT2D eigenvalue weighted by Crippen LogP contribution is 2.32. The van der Waals surface area contributed by atoms with Gasteiger partial charge in [-0.1, -0.05) is 6.07 Å². The molecule has 0 atom stereocenters. The van der Waals surface area contributed by atoms with Crippen molar-refractivity contribution in [1.82, 2.24) is 4.31 Å². The molecule has 4 nitrogen and oxygen atoms in total. The van der Waals surface area contributed by atoms with Gasteiger partial charge in [0.1, 0.15) is 0 Å². The van der Waals surface area contributed by atoms with E-state index in [1.165, 1.54) is 17.6 Å². The van der Waals surface area contributed by atoms with Crippen molar-refractivity contribution < 1.29 is 9.53 Å². The van der Waals surface area contributed by atoms with Gasteiger partial charge in [-0.2, -0.15) is 0 Å². The van der Waals surface area contributed by atoms with Gasteiger partial charge in [-0.05, 0) is 55.3 Å². The predicted octanol–water partition coefficient (Wildman–Crippen LogP) is 2.86. The lowest BCUT2D eigenvalue weighted by molar-refractivity contribution is -0.142. The smallest absolute Gasteiger partial charge is 0.305 e. The van der Waals surface area contributed by atoms with E-state index in [-0.39, 0.29) is 5.97 Å². The number of aryl methyl sites for hydroxylation is 1. The minimum absolute atomic E-state index is 0.0946. The van der Waals surface area contributed by atoms with Crippen LogP contribution >= 0.6 is 11.9 Å². The van der Waals surface area contributed by atoms with Crippen molar-refractivity contribution in [2.75, 3.05) is 25.9 Å². The molecule has 0 aromatic heterocycles. The van der Waals surface area contributed by atoms with Crippen LogP contribution in [0.1, 0.15) is 24.8 Å². The molecule has 0 radical (unpaired) electrons. The Balaban J connectivity index is 1.85. The summed E-state index contributed by atoms with van der Waals surface area (Å²) in [5.74, 6) is 0.365. The normalized spacial score (nSPS) is 17.1. The van der Waals surface area contributed by atoms with Gasteiger partial charge in [-0.25, -0.2) is 4.31 Å². The number of nitrogen functional groups attached to an aromatic ring is 1. The number of carbonyl (C=O) groups is 1. The number of benzene rings is 1. The molecule has 0 unspecified atom stereocenters. The highest BCUT2D eigenvalue weighted by atomic mass is 32.2. The maximum atomic E-state index is 11.3. The lowest BCUT2D eigenvalue weighted by atomic mass is 9.95. The second-order valence-electron chi connectivity index (χ2n) is 5.27. The molecule has 0 spiro atoms. The zero-order chi connectivity index (χ0) is 14.5. The molecule has 0 aliphatic carbocycles. The molecule has 1 aliphatic heterocycles. The maximum Gasteiger partial charge on any atom is 0.305 e. The van der Waals surface area contributed by atoms with Crippen LogP contribution in [0, 0.1) is 12.8 Å². The monoisotopic (exact) mass is 294 g/mol. The Morgan fingerprint density at radius 1 is 1.45 bits per heavy atom. The molecule has 2 rings (SSSR count). The first-order chi connectivity index (χ1) is 9.58. The molecule has 0 amide bonds. The number of nitrogens with zero attached hydrogens (tertiary/aromatic N) is 1. The number of piperidine rings is 1. The second kappa shape index (κ2) is 6.99. The fraction of sp³-hybridized carbons (Fsp3) is 0.533. The van der Waals surface area contributed by atoms with E-state index in [0.717, 1.165) is 31.6 Å². The molecule has 1 aromatic carbocycles. The van der Waals surface area contributed by atoms with E-state index in [1.54, 1.807) is 11.9 Å². The number of anilines is 1. The van der Waals surface area contributed by atoms with E-state index >= 15 is 0 Å². The van der Waals surface area contributed by atoms with Crippen molar-refractivity contribution >= 4 is 23.6 Å². The third kappa shape index (κ3) is 4.15. The van der Waals surface area contributed by atoms with E-state index in [1.807, 2.05) is 12.1 Å². The Labute approximate surface area is 124 Å². The van der Waals surface area contributed by atoms with Crippen molar-refractivity contribution in [1.29, 1.82) is 0 Å². The first kappa shape index (κ1) is 15.2. The van der Waals surface area contributed by atoms with Gasteiger partial charge in [0.15, 0.2) is 0 Å². The molecule has 1 fully saturated rings. The average molecular weight is 294 g/mol. The number of methoxy groups -OCH3 is 1. The number of esters is 1. The minimum atomic E-state index is -0.0946. The van der Waals surface area contributed by atoms with Gasteiger partial charge < -0.3 is 10.5 Å². The van der Waals surface area contributed by atoms with Crippen LogP contribution in [0.4, 0.5) is 5.69 Å². The van der Waals surface area contributed by atoms with Crippen molar-refractivity contribution in [3.05, 3.63) is 23.8 Å². The van der Waals surface area contributed by atoms with Gasteiger partial charge in [0.05, 0.1) is 7.11 Å². The quantitative estimate of drug-likeness (QED) is 0.526. The van der Waals surface area contributed by atoms with Crippen molar-refractivity contribution in [3.63, 3.8) is 0 Å². The molecule has 110 valence electrons. The van der Waals surface area contributed by atoms with Crippen LogP contribution < -0.4 is 5.73 Å². The average Bonchev–Trinajstić information content (AvgIpc) is 2.45. The van der Waals surface area contributed by atoms with Crippen LogP contribution in [0.25, 0.3) is 0 Å². The summed E-state index contributed by atoms with van der Waals surface area (Å²) in [4.78, 5) is 12.5. The molecule has 5 heteroatoms. The highest BCUT2D eigenvalue weighted by molar-refractivity contribution is 7.97. The summed E-state index contributed by atoms with van der Waals surface area (Å²) in [6.45, 7) is 4.10. The van der Waals surface area contributed by atoms with Gasteiger partial charge >= 0.3 is 5.97 Å². The van der Waals surface area contributed by atoms with Crippen molar-refractivity contribution in [2.45, 2.75) is 31.1 Å². The summed E-state index contributed by atoms with van der Waals surface area (Å²) in [5, 5.41) is 0. The first-order valence-electron chi connectivity index (χ1n) is 6.94. The molecule has 20 heavy (non-hydrogen) atoms. The van der Waals surface area contributed by atoms with Crippen LogP contribution in [0.2, 0.25) is 0 Å². The fourth-order valence-electron chi connectivity index (χ4n) is 2.38. The lowest BCUT2D eigenvalue weighted by Crippen LogP contribution is -2.29. The molecule has 1 saturated heterocycles. The third-order valence-electron chi connectivity index (χ3n) is 3.70. The van der Waals surface area contributed by atoms with Crippen molar-refractivity contribution in [3.8, 4) is 0 Å². The van der Waals surface area contributed by atoms with Crippen molar-refractivity contribution in [2.24, 2.45) is 5.92 Å². The summed E-state index contributed by atoms with van der Waals surface area (Å²) < 4.78 is 7.09. The minimum Gasteiger partial charge on any atom is -0.469 e. The number of nitrogens with two attached hydrogens (primary N) is 1. The highest BCUT2D eigenvalue weighted by Gasteiger charge is 2.22. The molecule has 1 aliphatic rings. The molecule has 0 saturated carbocycles. The summed E-state index contributed by atoms with van der Waals surface area (Å²) in [6.07, 6.45) is 2.64. The molecule has 1 aromatic rings. The van der Waals surface area contributed by atoms with Crippen LogP contribution in [0.5, 0.6) is 0 Å². The standard InChI is InChI=1S/C15H22N2O2S/c1-11-3-4-13(16)10-14(11)20-17-7-5-12(6-8-17)9-15(18)19-2/h3-4,10,12H,5-9,16H2,1-2H3. The van der Waals surface area contributed by atoms with Gasteiger partial charge in [0, 0.05) is 30.1 Å². The Kier molecular flexibility index (Phi) is 5.31. The zero-order valence-corrected chi connectivity index (χ0v) is 12.9. The molecule has 1 heterocycles. The maximum absolute atomic E-state index is 11.3. The van der Waals surface area contributed by atoms with Crippen LogP contribution in [-0.2, 0) is 9.53 Å². The number of rotatable bonds is 4. The zero-order valence-electron chi connectivity index (χ0n) is 12.1. The van der Waals surface area contributed by atoms with Gasteiger partial charge in [0.25, 0.3) is 0 Å². The Morgan fingerprint density at radius 3 is 2.80 bits per heavy atom. The van der Waals surface area contributed by atoms with Gasteiger partial charge in [-0.15, -0.1) is 0 Å². The SMILES string of the molecule is COC(=O)CC1CCN(Sc2cc(N)ccc2C)CC1. The Bertz CT molecular complexity index is 471. The number of ether oxygens (including phenoxy) is 1. The number of hydrogen-bond donors (Lipinski definition) is 1. The van der Waals surface area contributed by atoms with Crippen LogP contribution in [-0.4, -0.2) is 30.5 Å². The Morgan fingerprint density at radius 2 is 2.15 bits per heavy atom. The first-order valence-corrected chi connectivity index (χ1v) is 7.71. The summed E-state index contributed by atoms with van der Waals surface area (Å²) >= 11 is 1.77. The van der Waals surface area contributed by atoms with Gasteiger partial charge in [-0.3, -0.25) is 4.79 Å². The molecular formula is C15H22N2O2S. The van der Waals surface area contributed by atoms with E-state index < -0.39 is 0 Å². The van der Waals surface area contributed by atoms with E-state index in [2.05, 4.69) is 17.3 Å². The van der Waals surface area contributed by atoms with Crippen LogP contribution in [0.3, 0.4) is 0 Å². The predicted molar refractivity (Wildman–Crippen MR) is 82.4 cm³/mol. The number of hydrogen-bond acceptors (Lipinski definition) is 5. The molecular weight excluding hydrogens is 272 g/mol. The summed E-state index contributed by atoms with van der Waals surface area (Å²) in [7, 11) is 1.45. The van der Waals surface area contributed by atoms with E-state index in [9.17, 15) is 4.79 Å². The largest absolute Gasteiger partial charge is 0.469 e. The van der Waals surface area contributed by atoms with Crippen LogP contribution in [0.15, 0.2) is 23.1 Å². The summed E-state index contributed by atoms with van der Waals surface area (Å²) in [5.41, 5.74) is 7.90. The lowest BCUT2D eigenvalue weighted by Gasteiger charge is -2.30. The fourth-order valence-corrected chi connectivity index (χ4v) is 3.45. The van der Waals surface area contributed by atoms with E-state index in [0.29, 0.717) is 12.3 Å². The summed E-state index contributed by atoms with van der Waals surface area (Å²) in [6, 6.07) is 6.02. The topological polar surface area (TPSA) is 55.6 Å². The molecule has 2 N–H and O–H groups in total. The van der Waals surface area contributed by atoms with E-state index in [4.69, 9.17) is 10.5 Å². The molecule has 0 bridgehead atoms. The third-order valence-corrected chi connectivity index (χ3v) is 4.96. The van der Waals surface area contributed by atoms with Gasteiger partial charge in [0.2, 0.25) is 0 Å². The number of carbonyl (C=O) groups excluding carboxylic acids is 1.